The largest absolute Gasteiger partial charge is 0.355 e. The number of hydrogen-bond donors (Lipinski definition) is 2. The van der Waals surface area contributed by atoms with Crippen molar-refractivity contribution in [1.82, 2.24) is 10.6 Å². The summed E-state index contributed by atoms with van der Waals surface area (Å²) in [7, 11) is 0. The first-order valence-corrected chi connectivity index (χ1v) is 5.00. The minimum absolute atomic E-state index is 0.0585. The molecule has 1 aliphatic rings. The van der Waals surface area contributed by atoms with Gasteiger partial charge in [-0.05, 0) is 24.8 Å². The van der Waals surface area contributed by atoms with Crippen molar-refractivity contribution in [2.75, 3.05) is 13.1 Å². The van der Waals surface area contributed by atoms with Crippen molar-refractivity contribution in [3.8, 4) is 0 Å². The predicted octanol–water partition coefficient (Wildman–Crippen LogP) is 0.901. The third kappa shape index (κ3) is 2.99. The molecule has 1 rings (SSSR count). The predicted molar refractivity (Wildman–Crippen MR) is 53.5 cm³/mol. The van der Waals surface area contributed by atoms with E-state index in [4.69, 9.17) is 0 Å². The average Bonchev–Trinajstić information content (AvgIpc) is 2.01. The van der Waals surface area contributed by atoms with Gasteiger partial charge in [0.05, 0.1) is 0 Å². The summed E-state index contributed by atoms with van der Waals surface area (Å²) in [5, 5.41) is 6.32. The van der Waals surface area contributed by atoms with E-state index in [1.807, 2.05) is 0 Å². The molecule has 1 atom stereocenters. The average molecular weight is 184 g/mol. The van der Waals surface area contributed by atoms with Crippen LogP contribution in [0.2, 0.25) is 0 Å². The first kappa shape index (κ1) is 10.5. The molecular weight excluding hydrogens is 164 g/mol. The van der Waals surface area contributed by atoms with E-state index in [2.05, 4.69) is 24.5 Å². The molecule has 0 aromatic rings. The maximum atomic E-state index is 10.8. The maximum absolute atomic E-state index is 10.8. The lowest BCUT2D eigenvalue weighted by molar-refractivity contribution is -0.119. The number of nitrogens with one attached hydrogen (secondary N) is 2. The lowest BCUT2D eigenvalue weighted by Crippen LogP contribution is -2.52. The van der Waals surface area contributed by atoms with Crippen LogP contribution in [0.3, 0.4) is 0 Å². The van der Waals surface area contributed by atoms with Gasteiger partial charge in [0.15, 0.2) is 0 Å². The molecule has 0 spiro atoms. The molecule has 0 saturated carbocycles. The first-order valence-electron chi connectivity index (χ1n) is 5.00. The lowest BCUT2D eigenvalue weighted by atomic mass is 9.77. The van der Waals surface area contributed by atoms with Crippen molar-refractivity contribution in [1.29, 1.82) is 0 Å². The number of carbonyl (C=O) groups excluding carboxylic acids is 1. The van der Waals surface area contributed by atoms with E-state index in [1.54, 1.807) is 6.92 Å². The number of rotatable bonds is 2. The van der Waals surface area contributed by atoms with Crippen molar-refractivity contribution in [3.05, 3.63) is 0 Å². The van der Waals surface area contributed by atoms with E-state index in [1.165, 1.54) is 12.8 Å². The molecule has 0 aromatic heterocycles. The highest BCUT2D eigenvalue weighted by Crippen LogP contribution is 2.29. The van der Waals surface area contributed by atoms with Gasteiger partial charge in [0, 0.05) is 19.5 Å². The Kier molecular flexibility index (Phi) is 3.31. The minimum atomic E-state index is 0.0585. The number of amides is 1. The van der Waals surface area contributed by atoms with Crippen LogP contribution in [0.4, 0.5) is 0 Å². The Morgan fingerprint density at radius 2 is 2.31 bits per heavy atom. The minimum Gasteiger partial charge on any atom is -0.355 e. The SMILES string of the molecule is CC(=O)NCC1NCCCC1(C)C. The fraction of sp³-hybridized carbons (Fsp3) is 0.900. The molecule has 1 saturated heterocycles. The fourth-order valence-electron chi connectivity index (χ4n) is 1.87. The summed E-state index contributed by atoms with van der Waals surface area (Å²) < 4.78 is 0. The molecule has 1 aliphatic heterocycles. The molecule has 1 unspecified atom stereocenters. The van der Waals surface area contributed by atoms with Gasteiger partial charge in [-0.15, -0.1) is 0 Å². The summed E-state index contributed by atoms with van der Waals surface area (Å²) in [5.74, 6) is 0.0585. The Bertz CT molecular complexity index is 189. The molecule has 2 N–H and O–H groups in total. The number of hydrogen-bond acceptors (Lipinski definition) is 2. The molecule has 0 aliphatic carbocycles. The van der Waals surface area contributed by atoms with Crippen LogP contribution >= 0.6 is 0 Å². The molecule has 0 bridgehead atoms. The summed E-state index contributed by atoms with van der Waals surface area (Å²) in [6.45, 7) is 7.91. The Morgan fingerprint density at radius 1 is 1.62 bits per heavy atom. The normalized spacial score (nSPS) is 26.8. The summed E-state index contributed by atoms with van der Waals surface area (Å²) in [5.41, 5.74) is 0.306. The second-order valence-electron chi connectivity index (χ2n) is 4.54. The van der Waals surface area contributed by atoms with Crippen LogP contribution in [0.5, 0.6) is 0 Å². The highest BCUT2D eigenvalue weighted by Gasteiger charge is 2.31. The zero-order chi connectivity index (χ0) is 9.90. The Hall–Kier alpha value is -0.570. The van der Waals surface area contributed by atoms with Gasteiger partial charge in [0.1, 0.15) is 0 Å². The van der Waals surface area contributed by atoms with E-state index in [-0.39, 0.29) is 5.91 Å². The van der Waals surface area contributed by atoms with Gasteiger partial charge >= 0.3 is 0 Å². The van der Waals surface area contributed by atoms with Crippen molar-refractivity contribution in [2.45, 2.75) is 39.7 Å². The van der Waals surface area contributed by atoms with Gasteiger partial charge in [-0.2, -0.15) is 0 Å². The molecule has 76 valence electrons. The van der Waals surface area contributed by atoms with Crippen LogP contribution in [-0.2, 0) is 4.79 Å². The third-order valence-electron chi connectivity index (χ3n) is 2.89. The van der Waals surface area contributed by atoms with E-state index in [0.717, 1.165) is 13.1 Å². The molecule has 1 heterocycles. The van der Waals surface area contributed by atoms with Gasteiger partial charge in [-0.25, -0.2) is 0 Å². The first-order chi connectivity index (χ1) is 6.02. The van der Waals surface area contributed by atoms with E-state index >= 15 is 0 Å². The monoisotopic (exact) mass is 184 g/mol. The van der Waals surface area contributed by atoms with Gasteiger partial charge in [0.25, 0.3) is 0 Å². The molecule has 0 aromatic carbocycles. The molecule has 13 heavy (non-hydrogen) atoms. The zero-order valence-corrected chi connectivity index (χ0v) is 8.81. The quantitative estimate of drug-likeness (QED) is 0.669. The standard InChI is InChI=1S/C10H20N2O/c1-8(13)12-7-9-10(2,3)5-4-6-11-9/h9,11H,4-7H2,1-3H3,(H,12,13). The maximum Gasteiger partial charge on any atom is 0.216 e. The van der Waals surface area contributed by atoms with Crippen LogP contribution in [0.15, 0.2) is 0 Å². The summed E-state index contributed by atoms with van der Waals surface area (Å²) in [6.07, 6.45) is 2.48. The van der Waals surface area contributed by atoms with Crippen molar-refractivity contribution in [2.24, 2.45) is 5.41 Å². The zero-order valence-electron chi connectivity index (χ0n) is 8.81. The van der Waals surface area contributed by atoms with E-state index < -0.39 is 0 Å². The Balaban J connectivity index is 2.41. The van der Waals surface area contributed by atoms with Crippen LogP contribution in [-0.4, -0.2) is 25.0 Å². The van der Waals surface area contributed by atoms with Gasteiger partial charge in [-0.3, -0.25) is 4.79 Å². The van der Waals surface area contributed by atoms with Gasteiger partial charge in [0.2, 0.25) is 5.91 Å². The fourth-order valence-corrected chi connectivity index (χ4v) is 1.87. The smallest absolute Gasteiger partial charge is 0.216 e. The van der Waals surface area contributed by atoms with E-state index in [0.29, 0.717) is 11.5 Å². The highest BCUT2D eigenvalue weighted by molar-refractivity contribution is 5.72. The summed E-state index contributed by atoms with van der Waals surface area (Å²) in [4.78, 5) is 10.8. The molecule has 0 radical (unpaired) electrons. The number of carbonyl (C=O) groups is 1. The Labute approximate surface area is 80.3 Å². The summed E-state index contributed by atoms with van der Waals surface area (Å²) >= 11 is 0. The van der Waals surface area contributed by atoms with E-state index in [9.17, 15) is 4.79 Å². The number of piperidine rings is 1. The van der Waals surface area contributed by atoms with Gasteiger partial charge in [-0.1, -0.05) is 13.8 Å². The van der Waals surface area contributed by atoms with Crippen LogP contribution < -0.4 is 10.6 Å². The van der Waals surface area contributed by atoms with Gasteiger partial charge < -0.3 is 10.6 Å². The molecule has 1 fully saturated rings. The summed E-state index contributed by atoms with van der Waals surface area (Å²) in [6, 6.07) is 0.421. The second kappa shape index (κ2) is 4.09. The molecule has 1 amide bonds. The Morgan fingerprint density at radius 3 is 2.85 bits per heavy atom. The van der Waals surface area contributed by atoms with Crippen LogP contribution in [0.25, 0.3) is 0 Å². The second-order valence-corrected chi connectivity index (χ2v) is 4.54. The third-order valence-corrected chi connectivity index (χ3v) is 2.89. The molecule has 3 heteroatoms. The molecule has 3 nitrogen and oxygen atoms in total. The van der Waals surface area contributed by atoms with Crippen molar-refractivity contribution >= 4 is 5.91 Å². The highest BCUT2D eigenvalue weighted by atomic mass is 16.1. The molecular formula is C10H20N2O. The lowest BCUT2D eigenvalue weighted by Gasteiger charge is -2.39. The van der Waals surface area contributed by atoms with Crippen molar-refractivity contribution in [3.63, 3.8) is 0 Å². The van der Waals surface area contributed by atoms with Crippen LogP contribution in [0.1, 0.15) is 33.6 Å². The van der Waals surface area contributed by atoms with Crippen molar-refractivity contribution < 1.29 is 4.79 Å². The topological polar surface area (TPSA) is 41.1 Å². The van der Waals surface area contributed by atoms with Crippen LogP contribution in [0, 0.1) is 5.41 Å².